The normalized spacial score (nSPS) is 20.4. The highest BCUT2D eigenvalue weighted by Gasteiger charge is 2.26. The zero-order valence-corrected chi connectivity index (χ0v) is 18.0. The van der Waals surface area contributed by atoms with Crippen LogP contribution in [0.25, 0.3) is 0 Å². The highest BCUT2D eigenvalue weighted by molar-refractivity contribution is 7.88. The first-order valence-electron chi connectivity index (χ1n) is 10.1. The molecule has 0 radical (unpaired) electrons. The third kappa shape index (κ3) is 5.61. The van der Waals surface area contributed by atoms with Crippen LogP contribution in [-0.2, 0) is 10.0 Å². The van der Waals surface area contributed by atoms with Crippen LogP contribution in [-0.4, -0.2) is 62.1 Å². The molecule has 2 fully saturated rings. The molecule has 3 rings (SSSR count). The standard InChI is InChI=1S/C20H29ClN2O4S/c1-28(25,26)23-13-9-17(10-14-23)27-19-8-7-16(15-18(19)21)20(24)22-11-5-3-2-4-6-12-22/h7-8,15,17H,2-6,9-14H2,1H3. The second kappa shape index (κ2) is 9.46. The minimum Gasteiger partial charge on any atom is -0.489 e. The molecule has 0 unspecified atom stereocenters. The lowest BCUT2D eigenvalue weighted by Gasteiger charge is -2.30. The van der Waals surface area contributed by atoms with Crippen molar-refractivity contribution in [3.8, 4) is 5.75 Å². The van der Waals surface area contributed by atoms with Gasteiger partial charge in [0.2, 0.25) is 10.0 Å². The molecule has 1 aromatic carbocycles. The van der Waals surface area contributed by atoms with Gasteiger partial charge in [-0.05, 0) is 43.9 Å². The van der Waals surface area contributed by atoms with E-state index in [9.17, 15) is 13.2 Å². The van der Waals surface area contributed by atoms with Gasteiger partial charge in [0.05, 0.1) is 11.3 Å². The molecular formula is C20H29ClN2O4S. The molecule has 28 heavy (non-hydrogen) atoms. The second-order valence-electron chi connectivity index (χ2n) is 7.68. The van der Waals surface area contributed by atoms with E-state index in [-0.39, 0.29) is 12.0 Å². The number of sulfonamides is 1. The summed E-state index contributed by atoms with van der Waals surface area (Å²) in [5.74, 6) is 0.570. The van der Waals surface area contributed by atoms with Crippen LogP contribution in [0, 0.1) is 0 Å². The monoisotopic (exact) mass is 428 g/mol. The smallest absolute Gasteiger partial charge is 0.253 e. The largest absolute Gasteiger partial charge is 0.489 e. The number of benzene rings is 1. The van der Waals surface area contributed by atoms with E-state index in [2.05, 4.69) is 0 Å². The molecule has 2 aliphatic rings. The van der Waals surface area contributed by atoms with Gasteiger partial charge in [-0.2, -0.15) is 0 Å². The SMILES string of the molecule is CS(=O)(=O)N1CCC(Oc2ccc(C(=O)N3CCCCCCC3)cc2Cl)CC1. The van der Waals surface area contributed by atoms with E-state index in [1.165, 1.54) is 29.8 Å². The Morgan fingerprint density at radius 1 is 1.04 bits per heavy atom. The molecule has 0 bridgehead atoms. The lowest BCUT2D eigenvalue weighted by Crippen LogP contribution is -2.41. The van der Waals surface area contributed by atoms with E-state index in [0.29, 0.717) is 42.3 Å². The Hall–Kier alpha value is -1.31. The first kappa shape index (κ1) is 21.4. The van der Waals surface area contributed by atoms with Gasteiger partial charge in [0.25, 0.3) is 5.91 Å². The van der Waals surface area contributed by atoms with Gasteiger partial charge in [0.1, 0.15) is 11.9 Å². The summed E-state index contributed by atoms with van der Waals surface area (Å²) in [6.45, 7) is 2.50. The highest BCUT2D eigenvalue weighted by Crippen LogP contribution is 2.29. The fraction of sp³-hybridized carbons (Fsp3) is 0.650. The van der Waals surface area contributed by atoms with Crippen LogP contribution < -0.4 is 4.74 Å². The molecule has 2 aliphatic heterocycles. The van der Waals surface area contributed by atoms with Crippen LogP contribution in [0.1, 0.15) is 55.3 Å². The zero-order valence-electron chi connectivity index (χ0n) is 16.4. The van der Waals surface area contributed by atoms with Crippen LogP contribution in [0.2, 0.25) is 5.02 Å². The average Bonchev–Trinajstić information content (AvgIpc) is 2.62. The van der Waals surface area contributed by atoms with E-state index in [1.54, 1.807) is 18.2 Å². The lowest BCUT2D eigenvalue weighted by molar-refractivity contribution is 0.0742. The molecule has 8 heteroatoms. The van der Waals surface area contributed by atoms with Crippen LogP contribution in [0.4, 0.5) is 0 Å². The molecule has 0 aromatic heterocycles. The van der Waals surface area contributed by atoms with Gasteiger partial charge in [-0.1, -0.05) is 30.9 Å². The number of amides is 1. The molecule has 0 atom stereocenters. The predicted octanol–water partition coefficient (Wildman–Crippen LogP) is 3.55. The fourth-order valence-electron chi connectivity index (χ4n) is 3.82. The number of carbonyl (C=O) groups excluding carboxylic acids is 1. The summed E-state index contributed by atoms with van der Waals surface area (Å²) < 4.78 is 30.7. The Morgan fingerprint density at radius 2 is 1.64 bits per heavy atom. The van der Waals surface area contributed by atoms with Crippen LogP contribution in [0.5, 0.6) is 5.75 Å². The summed E-state index contributed by atoms with van der Waals surface area (Å²) in [7, 11) is -3.15. The Kier molecular flexibility index (Phi) is 7.23. The molecular weight excluding hydrogens is 400 g/mol. The van der Waals surface area contributed by atoms with Gasteiger partial charge in [-0.15, -0.1) is 0 Å². The maximum Gasteiger partial charge on any atom is 0.253 e. The number of halogens is 1. The van der Waals surface area contributed by atoms with Crippen molar-refractivity contribution in [3.63, 3.8) is 0 Å². The number of ether oxygens (including phenoxy) is 1. The maximum absolute atomic E-state index is 12.8. The number of hydrogen-bond acceptors (Lipinski definition) is 4. The fourth-order valence-corrected chi connectivity index (χ4v) is 4.92. The molecule has 1 aromatic rings. The first-order chi connectivity index (χ1) is 13.3. The molecule has 0 N–H and O–H groups in total. The average molecular weight is 429 g/mol. The summed E-state index contributed by atoms with van der Waals surface area (Å²) in [5, 5.41) is 0.420. The molecule has 6 nitrogen and oxygen atoms in total. The highest BCUT2D eigenvalue weighted by atomic mass is 35.5. The van der Waals surface area contributed by atoms with Crippen molar-refractivity contribution in [1.29, 1.82) is 0 Å². The predicted molar refractivity (Wildman–Crippen MR) is 111 cm³/mol. The van der Waals surface area contributed by atoms with E-state index >= 15 is 0 Å². The van der Waals surface area contributed by atoms with Crippen molar-refractivity contribution >= 4 is 27.5 Å². The van der Waals surface area contributed by atoms with Crippen LogP contribution in [0.3, 0.4) is 0 Å². The van der Waals surface area contributed by atoms with Crippen molar-refractivity contribution in [3.05, 3.63) is 28.8 Å². The molecule has 1 amide bonds. The summed E-state index contributed by atoms with van der Waals surface area (Å²) in [4.78, 5) is 14.7. The van der Waals surface area contributed by atoms with Crippen LogP contribution >= 0.6 is 11.6 Å². The van der Waals surface area contributed by atoms with Crippen molar-refractivity contribution in [2.75, 3.05) is 32.4 Å². The molecule has 0 aliphatic carbocycles. The van der Waals surface area contributed by atoms with E-state index in [0.717, 1.165) is 25.9 Å². The van der Waals surface area contributed by atoms with Crippen LogP contribution in [0.15, 0.2) is 18.2 Å². The molecule has 0 saturated carbocycles. The molecule has 2 heterocycles. The molecule has 0 spiro atoms. The van der Waals surface area contributed by atoms with Gasteiger partial charge in [-0.3, -0.25) is 4.79 Å². The summed E-state index contributed by atoms with van der Waals surface area (Å²) >= 11 is 6.39. The lowest BCUT2D eigenvalue weighted by atomic mass is 10.1. The Labute approximate surface area is 172 Å². The van der Waals surface area contributed by atoms with E-state index in [1.807, 2.05) is 4.90 Å². The number of rotatable bonds is 4. The number of carbonyl (C=O) groups is 1. The maximum atomic E-state index is 12.8. The van der Waals surface area contributed by atoms with Gasteiger partial charge >= 0.3 is 0 Å². The van der Waals surface area contributed by atoms with Gasteiger partial charge < -0.3 is 9.64 Å². The first-order valence-corrected chi connectivity index (χ1v) is 12.3. The van der Waals surface area contributed by atoms with Gasteiger partial charge in [0.15, 0.2) is 0 Å². The van der Waals surface area contributed by atoms with Crippen molar-refractivity contribution in [2.24, 2.45) is 0 Å². The minimum absolute atomic E-state index is 0.0248. The number of nitrogens with zero attached hydrogens (tertiary/aromatic N) is 2. The summed E-state index contributed by atoms with van der Waals surface area (Å²) in [5.41, 5.74) is 0.588. The van der Waals surface area contributed by atoms with Crippen molar-refractivity contribution in [1.82, 2.24) is 9.21 Å². The Balaban J connectivity index is 1.60. The number of hydrogen-bond donors (Lipinski definition) is 0. The van der Waals surface area contributed by atoms with Crippen molar-refractivity contribution in [2.45, 2.75) is 51.0 Å². The quantitative estimate of drug-likeness (QED) is 0.735. The Bertz CT molecular complexity index is 783. The van der Waals surface area contributed by atoms with Gasteiger partial charge in [-0.25, -0.2) is 12.7 Å². The van der Waals surface area contributed by atoms with E-state index < -0.39 is 10.0 Å². The molecule has 2 saturated heterocycles. The number of likely N-dealkylation sites (tertiary alicyclic amines) is 1. The third-order valence-electron chi connectivity index (χ3n) is 5.49. The number of piperidine rings is 1. The van der Waals surface area contributed by atoms with E-state index in [4.69, 9.17) is 16.3 Å². The zero-order chi connectivity index (χ0) is 20.1. The van der Waals surface area contributed by atoms with Gasteiger partial charge in [0, 0.05) is 31.7 Å². The van der Waals surface area contributed by atoms with Crippen molar-refractivity contribution < 1.29 is 17.9 Å². The summed E-state index contributed by atoms with van der Waals surface area (Å²) in [6.07, 6.45) is 8.10. The topological polar surface area (TPSA) is 66.9 Å². The third-order valence-corrected chi connectivity index (χ3v) is 7.08. The second-order valence-corrected chi connectivity index (χ2v) is 10.1. The molecule has 156 valence electrons. The Morgan fingerprint density at radius 3 is 2.21 bits per heavy atom. The minimum atomic E-state index is -3.15. The summed E-state index contributed by atoms with van der Waals surface area (Å²) in [6, 6.07) is 5.21.